The van der Waals surface area contributed by atoms with Gasteiger partial charge in [0.2, 0.25) is 0 Å². The lowest BCUT2D eigenvalue weighted by molar-refractivity contribution is -0.161. The number of ether oxygens (including phenoxy) is 4. The fourth-order valence-electron chi connectivity index (χ4n) is 10.5. The molecule has 5 atom stereocenters. The van der Waals surface area contributed by atoms with Gasteiger partial charge in [-0.05, 0) is 31.6 Å². The number of aliphatic hydroxyl groups excluding tert-OH is 1. The molecule has 0 saturated heterocycles. The third-order valence-electron chi connectivity index (χ3n) is 16.0. The Morgan fingerprint density at radius 2 is 0.523 bits per heavy atom. The lowest BCUT2D eigenvalue weighted by atomic mass is 10.0. The van der Waals surface area contributed by atoms with Gasteiger partial charge in [-0.25, -0.2) is 9.13 Å². The number of phosphoric ester groups is 2. The molecule has 522 valence electrons. The van der Waals surface area contributed by atoms with Gasteiger partial charge in [0.05, 0.1) is 26.4 Å². The maximum Gasteiger partial charge on any atom is 0.472 e. The van der Waals surface area contributed by atoms with E-state index in [1.807, 2.05) is 0 Å². The van der Waals surface area contributed by atoms with Crippen LogP contribution in [0.4, 0.5) is 0 Å². The van der Waals surface area contributed by atoms with E-state index < -0.39 is 97.5 Å². The molecule has 0 aromatic rings. The number of aliphatic hydroxyl groups is 1. The van der Waals surface area contributed by atoms with E-state index in [1.54, 1.807) is 0 Å². The molecule has 17 nitrogen and oxygen atoms in total. The van der Waals surface area contributed by atoms with Gasteiger partial charge in [0.25, 0.3) is 0 Å². The van der Waals surface area contributed by atoms with E-state index in [0.29, 0.717) is 25.7 Å². The average Bonchev–Trinajstić information content (AvgIpc) is 3.46. The number of phosphoric acid groups is 2. The molecule has 0 spiro atoms. The first-order chi connectivity index (χ1) is 42.5. The van der Waals surface area contributed by atoms with Gasteiger partial charge in [-0.15, -0.1) is 0 Å². The Balaban J connectivity index is 5.11. The van der Waals surface area contributed by atoms with Gasteiger partial charge < -0.3 is 33.8 Å². The van der Waals surface area contributed by atoms with Crippen LogP contribution in [-0.2, 0) is 65.4 Å². The molecule has 0 aromatic carbocycles. The van der Waals surface area contributed by atoms with Crippen LogP contribution in [0.3, 0.4) is 0 Å². The molecular formula is C69H134O17P2. The van der Waals surface area contributed by atoms with Crippen LogP contribution in [0.15, 0.2) is 0 Å². The van der Waals surface area contributed by atoms with Crippen LogP contribution in [0.25, 0.3) is 0 Å². The van der Waals surface area contributed by atoms with E-state index in [1.165, 1.54) is 167 Å². The minimum absolute atomic E-state index is 0.104. The Kier molecular flexibility index (Phi) is 61.1. The van der Waals surface area contributed by atoms with Crippen LogP contribution in [0.2, 0.25) is 0 Å². The third kappa shape index (κ3) is 62.8. The first-order valence-corrected chi connectivity index (χ1v) is 39.1. The predicted molar refractivity (Wildman–Crippen MR) is 354 cm³/mol. The van der Waals surface area contributed by atoms with Crippen molar-refractivity contribution in [2.24, 2.45) is 5.92 Å². The molecule has 0 saturated carbocycles. The number of rotatable bonds is 69. The van der Waals surface area contributed by atoms with Crippen LogP contribution in [0, 0.1) is 5.92 Å². The van der Waals surface area contributed by atoms with Crippen LogP contribution in [-0.4, -0.2) is 96.7 Å². The monoisotopic (exact) mass is 1300 g/mol. The van der Waals surface area contributed by atoms with E-state index in [0.717, 1.165) is 109 Å². The summed E-state index contributed by atoms with van der Waals surface area (Å²) < 4.78 is 67.9. The van der Waals surface area contributed by atoms with E-state index in [-0.39, 0.29) is 25.7 Å². The van der Waals surface area contributed by atoms with E-state index >= 15 is 0 Å². The first-order valence-electron chi connectivity index (χ1n) is 36.1. The quantitative estimate of drug-likeness (QED) is 0.0222. The third-order valence-corrected chi connectivity index (χ3v) is 17.9. The van der Waals surface area contributed by atoms with Crippen molar-refractivity contribution in [3.8, 4) is 0 Å². The van der Waals surface area contributed by atoms with Gasteiger partial charge in [-0.2, -0.15) is 0 Å². The van der Waals surface area contributed by atoms with E-state index in [4.69, 9.17) is 37.0 Å². The lowest BCUT2D eigenvalue weighted by Crippen LogP contribution is -2.30. The summed E-state index contributed by atoms with van der Waals surface area (Å²) in [6, 6.07) is 0. The maximum absolute atomic E-state index is 13.0. The van der Waals surface area contributed by atoms with Crippen LogP contribution >= 0.6 is 15.6 Å². The molecule has 0 rings (SSSR count). The van der Waals surface area contributed by atoms with Gasteiger partial charge in [-0.1, -0.05) is 304 Å². The highest BCUT2D eigenvalue weighted by atomic mass is 31.2. The number of hydrogen-bond donors (Lipinski definition) is 3. The van der Waals surface area contributed by atoms with E-state index in [2.05, 4.69) is 34.6 Å². The largest absolute Gasteiger partial charge is 0.472 e. The van der Waals surface area contributed by atoms with Gasteiger partial charge in [0, 0.05) is 25.7 Å². The van der Waals surface area contributed by atoms with Crippen molar-refractivity contribution in [3.05, 3.63) is 0 Å². The molecule has 19 heteroatoms. The normalized spacial score (nSPS) is 14.1. The minimum atomic E-state index is -4.95. The number of hydrogen-bond acceptors (Lipinski definition) is 15. The molecular weight excluding hydrogens is 1160 g/mol. The molecule has 0 aliphatic carbocycles. The average molecular weight is 1300 g/mol. The smallest absolute Gasteiger partial charge is 0.462 e. The Morgan fingerprint density at radius 1 is 0.307 bits per heavy atom. The number of unbranched alkanes of at least 4 members (excludes halogenated alkanes) is 41. The van der Waals surface area contributed by atoms with Crippen molar-refractivity contribution in [1.82, 2.24) is 0 Å². The molecule has 0 fully saturated rings. The molecule has 88 heavy (non-hydrogen) atoms. The summed E-state index contributed by atoms with van der Waals surface area (Å²) in [6.45, 7) is 7.13. The number of esters is 4. The molecule has 0 radical (unpaired) electrons. The fourth-order valence-corrected chi connectivity index (χ4v) is 12.0. The Labute approximate surface area is 537 Å². The van der Waals surface area contributed by atoms with Gasteiger partial charge in [0.15, 0.2) is 12.2 Å². The summed E-state index contributed by atoms with van der Waals surface area (Å²) in [5, 5.41) is 10.5. The summed E-state index contributed by atoms with van der Waals surface area (Å²) in [7, 11) is -9.88. The molecule has 0 aliphatic heterocycles. The molecule has 0 aromatic heterocycles. The molecule has 0 bridgehead atoms. The summed E-state index contributed by atoms with van der Waals surface area (Å²) in [5.41, 5.74) is 0. The van der Waals surface area contributed by atoms with Crippen LogP contribution in [0.5, 0.6) is 0 Å². The highest BCUT2D eigenvalue weighted by molar-refractivity contribution is 7.47. The summed E-state index contributed by atoms with van der Waals surface area (Å²) in [4.78, 5) is 72.1. The van der Waals surface area contributed by atoms with Crippen molar-refractivity contribution >= 4 is 39.5 Å². The second kappa shape index (κ2) is 62.5. The Hall–Kier alpha value is -1.94. The lowest BCUT2D eigenvalue weighted by Gasteiger charge is -2.21. The molecule has 0 heterocycles. The zero-order valence-electron chi connectivity index (χ0n) is 56.9. The molecule has 0 amide bonds. The Bertz CT molecular complexity index is 1700. The minimum Gasteiger partial charge on any atom is -0.462 e. The second-order valence-electron chi connectivity index (χ2n) is 25.4. The standard InChI is InChI=1S/C69H134O17P2/c1-6-9-12-15-17-19-20-21-22-23-24-25-26-27-28-33-36-40-45-50-55-69(74)86-65(59-80-67(72)53-48-43-39-35-32-30-29-31-34-37-42-46-51-62(4)5)61-84-88(77,78)82-57-63(70)56-81-87(75,76)83-60-64(58-79-66(71)52-47-41-14-11-8-3)85-68(73)54-49-44-38-18-16-13-10-7-2/h62-65,70H,6-61H2,1-5H3,(H,75,76)(H,77,78)/t63-,64+,65+/m0/s1. The molecule has 3 N–H and O–H groups in total. The summed E-state index contributed by atoms with van der Waals surface area (Å²) in [6.07, 6.45) is 49.2. The topological polar surface area (TPSA) is 237 Å². The maximum atomic E-state index is 13.0. The zero-order valence-corrected chi connectivity index (χ0v) is 58.6. The fraction of sp³-hybridized carbons (Fsp3) is 0.942. The zero-order chi connectivity index (χ0) is 64.9. The van der Waals surface area contributed by atoms with Crippen LogP contribution < -0.4 is 0 Å². The highest BCUT2D eigenvalue weighted by Gasteiger charge is 2.30. The van der Waals surface area contributed by atoms with Crippen molar-refractivity contribution < 1.29 is 80.2 Å². The number of carbonyl (C=O) groups is 4. The summed E-state index contributed by atoms with van der Waals surface area (Å²) >= 11 is 0. The Morgan fingerprint density at radius 3 is 0.773 bits per heavy atom. The summed E-state index contributed by atoms with van der Waals surface area (Å²) in [5.74, 6) is -1.36. The molecule has 0 aliphatic rings. The van der Waals surface area contributed by atoms with Crippen molar-refractivity contribution in [3.63, 3.8) is 0 Å². The number of carbonyl (C=O) groups excluding carboxylic acids is 4. The van der Waals surface area contributed by atoms with Gasteiger partial charge in [-0.3, -0.25) is 37.3 Å². The van der Waals surface area contributed by atoms with Crippen LogP contribution in [0.1, 0.15) is 356 Å². The first kappa shape index (κ1) is 86.1. The van der Waals surface area contributed by atoms with Gasteiger partial charge >= 0.3 is 39.5 Å². The van der Waals surface area contributed by atoms with Crippen molar-refractivity contribution in [1.29, 1.82) is 0 Å². The predicted octanol–water partition coefficient (Wildman–Crippen LogP) is 19.7. The van der Waals surface area contributed by atoms with Crippen molar-refractivity contribution in [2.75, 3.05) is 39.6 Å². The van der Waals surface area contributed by atoms with Crippen molar-refractivity contribution in [2.45, 2.75) is 374 Å². The second-order valence-corrected chi connectivity index (χ2v) is 28.3. The highest BCUT2D eigenvalue weighted by Crippen LogP contribution is 2.45. The van der Waals surface area contributed by atoms with E-state index in [9.17, 15) is 43.2 Å². The van der Waals surface area contributed by atoms with Gasteiger partial charge in [0.1, 0.15) is 19.3 Å². The SMILES string of the molecule is CCCCCCCCCCCCCCCCCCCCCCC(=O)O[C@H](COC(=O)CCCCCCCCCCCCCCC(C)C)COP(=O)(O)OC[C@@H](O)COP(=O)(O)OC[C@@H](COC(=O)CCCCCCC)OC(=O)CCCCCCCCCC. The molecule has 2 unspecified atom stereocenters.